The molecule has 3 heteroatoms. The number of nitrogens with one attached hydrogen (secondary N) is 1. The lowest BCUT2D eigenvalue weighted by molar-refractivity contribution is 0.365. The summed E-state index contributed by atoms with van der Waals surface area (Å²) >= 11 is 0. The zero-order valence-electron chi connectivity index (χ0n) is 12.7. The van der Waals surface area contributed by atoms with E-state index in [9.17, 15) is 0 Å². The number of hydrogen-bond donors (Lipinski definition) is 1. The molecule has 2 unspecified atom stereocenters. The van der Waals surface area contributed by atoms with Crippen LogP contribution < -0.4 is 5.32 Å². The summed E-state index contributed by atoms with van der Waals surface area (Å²) in [5.74, 6) is 0.650. The van der Waals surface area contributed by atoms with Gasteiger partial charge in [-0.2, -0.15) is 5.10 Å². The van der Waals surface area contributed by atoms with Gasteiger partial charge in [0.2, 0.25) is 0 Å². The van der Waals surface area contributed by atoms with Crippen LogP contribution in [0.4, 0.5) is 0 Å². The van der Waals surface area contributed by atoms with Crippen LogP contribution in [0.3, 0.4) is 0 Å². The molecule has 1 aliphatic carbocycles. The van der Waals surface area contributed by atoms with Crippen LogP contribution in [0.15, 0.2) is 12.3 Å². The fraction of sp³-hybridized carbons (Fsp3) is 0.812. The van der Waals surface area contributed by atoms with Crippen LogP contribution in [0, 0.1) is 5.92 Å². The first kappa shape index (κ1) is 14.6. The van der Waals surface area contributed by atoms with Gasteiger partial charge in [0.15, 0.2) is 0 Å². The topological polar surface area (TPSA) is 29.9 Å². The molecule has 2 rings (SSSR count). The van der Waals surface area contributed by atoms with E-state index in [0.29, 0.717) is 18.0 Å². The van der Waals surface area contributed by atoms with Crippen LogP contribution in [-0.2, 0) is 6.42 Å². The Hall–Kier alpha value is -0.830. The van der Waals surface area contributed by atoms with Crippen LogP contribution in [0.1, 0.15) is 64.6 Å². The van der Waals surface area contributed by atoms with Crippen LogP contribution >= 0.6 is 0 Å². The Morgan fingerprint density at radius 2 is 2.11 bits per heavy atom. The van der Waals surface area contributed by atoms with E-state index in [0.717, 1.165) is 13.0 Å². The minimum atomic E-state index is 0.613. The van der Waals surface area contributed by atoms with E-state index in [1.54, 1.807) is 0 Å². The fourth-order valence-corrected chi connectivity index (χ4v) is 3.34. The first-order valence-corrected chi connectivity index (χ1v) is 8.02. The maximum Gasteiger partial charge on any atom is 0.0627 e. The zero-order valence-corrected chi connectivity index (χ0v) is 12.7. The molecule has 19 heavy (non-hydrogen) atoms. The van der Waals surface area contributed by atoms with Crippen molar-refractivity contribution in [3.8, 4) is 0 Å². The quantitative estimate of drug-likeness (QED) is 0.815. The van der Waals surface area contributed by atoms with Crippen molar-refractivity contribution in [1.82, 2.24) is 15.1 Å². The Morgan fingerprint density at radius 1 is 1.37 bits per heavy atom. The summed E-state index contributed by atoms with van der Waals surface area (Å²) in [5, 5.41) is 8.38. The van der Waals surface area contributed by atoms with E-state index in [1.165, 1.54) is 37.8 Å². The standard InChI is InChI=1S/C16H29N3/c1-4-16(17-5-2)13(3)12-14-10-11-19(18-14)15-8-6-7-9-15/h10-11,13,15-17H,4-9,12H2,1-3H3. The maximum absolute atomic E-state index is 4.80. The lowest BCUT2D eigenvalue weighted by Gasteiger charge is -2.22. The van der Waals surface area contributed by atoms with Crippen LogP contribution in [0.2, 0.25) is 0 Å². The predicted octanol–water partition coefficient (Wildman–Crippen LogP) is 3.56. The molecular formula is C16H29N3. The van der Waals surface area contributed by atoms with Gasteiger partial charge in [0, 0.05) is 12.2 Å². The van der Waals surface area contributed by atoms with E-state index in [2.05, 4.69) is 43.0 Å². The van der Waals surface area contributed by atoms with Crippen molar-refractivity contribution in [1.29, 1.82) is 0 Å². The van der Waals surface area contributed by atoms with Gasteiger partial charge >= 0.3 is 0 Å². The van der Waals surface area contributed by atoms with Crippen LogP contribution in [-0.4, -0.2) is 22.4 Å². The van der Waals surface area contributed by atoms with Crippen molar-refractivity contribution in [2.45, 2.75) is 71.4 Å². The summed E-state index contributed by atoms with van der Waals surface area (Å²) in [7, 11) is 0. The Morgan fingerprint density at radius 3 is 2.74 bits per heavy atom. The van der Waals surface area contributed by atoms with Crippen molar-refractivity contribution in [2.75, 3.05) is 6.54 Å². The van der Waals surface area contributed by atoms with Gasteiger partial charge in [-0.1, -0.05) is 33.6 Å². The zero-order chi connectivity index (χ0) is 13.7. The molecule has 0 bridgehead atoms. The van der Waals surface area contributed by atoms with E-state index in [1.807, 2.05) is 0 Å². The smallest absolute Gasteiger partial charge is 0.0627 e. The van der Waals surface area contributed by atoms with Gasteiger partial charge in [-0.15, -0.1) is 0 Å². The predicted molar refractivity (Wildman–Crippen MR) is 80.4 cm³/mol. The third-order valence-electron chi connectivity index (χ3n) is 4.49. The van der Waals surface area contributed by atoms with Gasteiger partial charge in [-0.25, -0.2) is 0 Å². The summed E-state index contributed by atoms with van der Waals surface area (Å²) < 4.78 is 2.21. The van der Waals surface area contributed by atoms with Gasteiger partial charge in [-0.3, -0.25) is 4.68 Å². The average Bonchev–Trinajstić information content (AvgIpc) is 3.05. The molecule has 0 radical (unpaired) electrons. The molecule has 1 heterocycles. The molecule has 1 aliphatic rings. The SMILES string of the molecule is CCNC(CC)C(C)Cc1ccn(C2CCCC2)n1. The molecule has 1 saturated carbocycles. The van der Waals surface area contributed by atoms with Crippen molar-refractivity contribution in [3.63, 3.8) is 0 Å². The third-order valence-corrected chi connectivity index (χ3v) is 4.49. The molecule has 0 amide bonds. The highest BCUT2D eigenvalue weighted by Crippen LogP contribution is 2.29. The highest BCUT2D eigenvalue weighted by Gasteiger charge is 2.19. The monoisotopic (exact) mass is 263 g/mol. The molecule has 1 aromatic rings. The highest BCUT2D eigenvalue weighted by molar-refractivity contribution is 5.02. The summed E-state index contributed by atoms with van der Waals surface area (Å²) in [4.78, 5) is 0. The minimum Gasteiger partial charge on any atom is -0.314 e. The van der Waals surface area contributed by atoms with Gasteiger partial charge in [0.25, 0.3) is 0 Å². The molecule has 0 spiro atoms. The second-order valence-corrected chi connectivity index (χ2v) is 5.98. The highest BCUT2D eigenvalue weighted by atomic mass is 15.3. The molecule has 3 nitrogen and oxygen atoms in total. The molecule has 1 fully saturated rings. The number of rotatable bonds is 7. The second kappa shape index (κ2) is 7.09. The molecule has 1 N–H and O–H groups in total. The lowest BCUT2D eigenvalue weighted by Crippen LogP contribution is -2.35. The van der Waals surface area contributed by atoms with Crippen molar-refractivity contribution < 1.29 is 0 Å². The van der Waals surface area contributed by atoms with Crippen molar-refractivity contribution >= 4 is 0 Å². The summed E-state index contributed by atoms with van der Waals surface area (Å²) in [6.45, 7) is 7.84. The number of nitrogens with zero attached hydrogens (tertiary/aromatic N) is 2. The molecule has 0 aliphatic heterocycles. The van der Waals surface area contributed by atoms with Crippen molar-refractivity contribution in [3.05, 3.63) is 18.0 Å². The van der Waals surface area contributed by atoms with Crippen LogP contribution in [0.25, 0.3) is 0 Å². The van der Waals surface area contributed by atoms with Crippen LogP contribution in [0.5, 0.6) is 0 Å². The largest absolute Gasteiger partial charge is 0.314 e. The molecule has 0 aromatic carbocycles. The third kappa shape index (κ3) is 3.82. The first-order valence-electron chi connectivity index (χ1n) is 8.02. The Bertz CT molecular complexity index is 366. The second-order valence-electron chi connectivity index (χ2n) is 5.98. The van der Waals surface area contributed by atoms with Gasteiger partial charge in [-0.05, 0) is 44.2 Å². The molecular weight excluding hydrogens is 234 g/mol. The Kier molecular flexibility index (Phi) is 5.44. The summed E-state index contributed by atoms with van der Waals surface area (Å²) in [6, 6.07) is 3.49. The molecule has 1 aromatic heterocycles. The number of hydrogen-bond acceptors (Lipinski definition) is 2. The summed E-state index contributed by atoms with van der Waals surface area (Å²) in [6.07, 6.45) is 9.83. The van der Waals surface area contributed by atoms with Crippen molar-refractivity contribution in [2.24, 2.45) is 5.92 Å². The first-order chi connectivity index (χ1) is 9.24. The average molecular weight is 263 g/mol. The Labute approximate surface area is 117 Å². The van der Waals surface area contributed by atoms with E-state index in [-0.39, 0.29) is 0 Å². The number of aromatic nitrogens is 2. The van der Waals surface area contributed by atoms with E-state index in [4.69, 9.17) is 5.10 Å². The molecule has 2 atom stereocenters. The van der Waals surface area contributed by atoms with Gasteiger partial charge < -0.3 is 5.32 Å². The van der Waals surface area contributed by atoms with E-state index < -0.39 is 0 Å². The summed E-state index contributed by atoms with van der Waals surface area (Å²) in [5.41, 5.74) is 1.26. The molecule has 108 valence electrons. The minimum absolute atomic E-state index is 0.613. The van der Waals surface area contributed by atoms with E-state index >= 15 is 0 Å². The lowest BCUT2D eigenvalue weighted by atomic mass is 9.95. The Balaban J connectivity index is 1.91. The van der Waals surface area contributed by atoms with Gasteiger partial charge in [0.05, 0.1) is 11.7 Å². The maximum atomic E-state index is 4.80. The van der Waals surface area contributed by atoms with Gasteiger partial charge in [0.1, 0.15) is 0 Å². The normalized spacial score (nSPS) is 19.7. The fourth-order valence-electron chi connectivity index (χ4n) is 3.34. The molecule has 0 saturated heterocycles.